The second-order valence-electron chi connectivity index (χ2n) is 8.40. The molecule has 182 valence electrons. The Balaban J connectivity index is 1.49. The molecule has 35 heavy (non-hydrogen) atoms. The van der Waals surface area contributed by atoms with Crippen LogP contribution in [0.3, 0.4) is 0 Å². The van der Waals surface area contributed by atoms with Crippen molar-refractivity contribution in [3.63, 3.8) is 0 Å². The van der Waals surface area contributed by atoms with Crippen molar-refractivity contribution < 1.29 is 19.1 Å². The van der Waals surface area contributed by atoms with Crippen molar-refractivity contribution >= 4 is 11.8 Å². The highest BCUT2D eigenvalue weighted by Crippen LogP contribution is 2.29. The molecule has 0 aliphatic carbocycles. The number of pyridine rings is 1. The summed E-state index contributed by atoms with van der Waals surface area (Å²) in [4.78, 5) is 32.0. The molecule has 1 aliphatic rings. The van der Waals surface area contributed by atoms with Crippen molar-refractivity contribution in [2.24, 2.45) is 0 Å². The molecule has 1 fully saturated rings. The number of rotatable bonds is 9. The smallest absolute Gasteiger partial charge is 0.260 e. The van der Waals surface area contributed by atoms with Crippen LogP contribution in [-0.2, 0) is 4.79 Å². The zero-order valence-corrected chi connectivity index (χ0v) is 20.0. The topological polar surface area (TPSA) is 80.8 Å². The minimum absolute atomic E-state index is 0.0324. The lowest BCUT2D eigenvalue weighted by molar-refractivity contribution is -0.134. The molecule has 7 heteroatoms. The Hall–Kier alpha value is -3.87. The standard InChI is InChI=1S/C28H31N3O4/c1-2-34-25-19-22(14-15-24(25)35-20-26(32)31-17-9-4-10-18-31)28(33)30-27(21-11-5-3-6-12-21)23-13-7-8-16-29-23/h3,5-8,11-16,19,27H,2,4,9-10,17-18,20H2,1H3,(H,30,33)/t27-/m1/s1. The summed E-state index contributed by atoms with van der Waals surface area (Å²) in [5.74, 6) is 0.579. The van der Waals surface area contributed by atoms with E-state index in [4.69, 9.17) is 9.47 Å². The van der Waals surface area contributed by atoms with E-state index in [-0.39, 0.29) is 18.4 Å². The second kappa shape index (κ2) is 12.0. The zero-order valence-electron chi connectivity index (χ0n) is 20.0. The molecule has 0 unspecified atom stereocenters. The summed E-state index contributed by atoms with van der Waals surface area (Å²) in [7, 11) is 0. The first-order valence-corrected chi connectivity index (χ1v) is 12.1. The van der Waals surface area contributed by atoms with Crippen LogP contribution >= 0.6 is 0 Å². The number of ether oxygens (including phenoxy) is 2. The van der Waals surface area contributed by atoms with Gasteiger partial charge < -0.3 is 19.7 Å². The average molecular weight is 474 g/mol. The molecule has 1 aromatic heterocycles. The molecule has 3 aromatic rings. The monoisotopic (exact) mass is 473 g/mol. The number of likely N-dealkylation sites (tertiary alicyclic amines) is 1. The summed E-state index contributed by atoms with van der Waals surface area (Å²) in [6.07, 6.45) is 4.93. The fourth-order valence-electron chi connectivity index (χ4n) is 4.15. The number of hydrogen-bond donors (Lipinski definition) is 1. The largest absolute Gasteiger partial charge is 0.490 e. The Morgan fingerprint density at radius 3 is 2.43 bits per heavy atom. The highest BCUT2D eigenvalue weighted by Gasteiger charge is 2.21. The van der Waals surface area contributed by atoms with E-state index in [1.54, 1.807) is 24.4 Å². The molecule has 2 aromatic carbocycles. The van der Waals surface area contributed by atoms with Crippen LogP contribution in [-0.4, -0.2) is 48.0 Å². The Morgan fingerprint density at radius 1 is 0.943 bits per heavy atom. The Bertz CT molecular complexity index is 1080. The van der Waals surface area contributed by atoms with Crippen molar-refractivity contribution in [2.45, 2.75) is 32.2 Å². The van der Waals surface area contributed by atoms with E-state index in [1.807, 2.05) is 60.4 Å². The van der Waals surface area contributed by atoms with Crippen molar-refractivity contribution in [2.75, 3.05) is 26.3 Å². The number of aromatic nitrogens is 1. The predicted molar refractivity (Wildman–Crippen MR) is 134 cm³/mol. The van der Waals surface area contributed by atoms with Crippen LogP contribution in [0.25, 0.3) is 0 Å². The summed E-state index contributed by atoms with van der Waals surface area (Å²) < 4.78 is 11.5. The van der Waals surface area contributed by atoms with E-state index in [0.29, 0.717) is 23.7 Å². The average Bonchev–Trinajstić information content (AvgIpc) is 2.92. The first kappa shape index (κ1) is 24.3. The van der Waals surface area contributed by atoms with E-state index >= 15 is 0 Å². The Morgan fingerprint density at radius 2 is 1.71 bits per heavy atom. The molecule has 7 nitrogen and oxygen atoms in total. The van der Waals surface area contributed by atoms with Gasteiger partial charge in [-0.3, -0.25) is 14.6 Å². The van der Waals surface area contributed by atoms with Crippen molar-refractivity contribution in [1.82, 2.24) is 15.2 Å². The van der Waals surface area contributed by atoms with Gasteiger partial charge in [0, 0.05) is 24.8 Å². The maximum absolute atomic E-state index is 13.2. The van der Waals surface area contributed by atoms with Gasteiger partial charge in [-0.1, -0.05) is 36.4 Å². The predicted octanol–water partition coefficient (Wildman–Crippen LogP) is 4.39. The molecule has 1 aliphatic heterocycles. The number of nitrogens with zero attached hydrogens (tertiary/aromatic N) is 2. The number of carbonyl (C=O) groups excluding carboxylic acids is 2. The summed E-state index contributed by atoms with van der Waals surface area (Å²) in [6, 6.07) is 20.0. The molecule has 0 saturated carbocycles. The SMILES string of the molecule is CCOc1cc(C(=O)N[C@H](c2ccccc2)c2ccccn2)ccc1OCC(=O)N1CCCCC1. The Kier molecular flexibility index (Phi) is 8.33. The van der Waals surface area contributed by atoms with Crippen LogP contribution in [0, 0.1) is 0 Å². The quantitative estimate of drug-likeness (QED) is 0.499. The van der Waals surface area contributed by atoms with Crippen LogP contribution in [0.2, 0.25) is 0 Å². The minimum Gasteiger partial charge on any atom is -0.490 e. The fourth-order valence-corrected chi connectivity index (χ4v) is 4.15. The second-order valence-corrected chi connectivity index (χ2v) is 8.40. The van der Waals surface area contributed by atoms with Gasteiger partial charge in [-0.05, 0) is 62.1 Å². The van der Waals surface area contributed by atoms with Gasteiger partial charge in [0.1, 0.15) is 0 Å². The lowest BCUT2D eigenvalue weighted by Crippen LogP contribution is -2.38. The molecule has 0 spiro atoms. The number of benzene rings is 2. The van der Waals surface area contributed by atoms with E-state index in [9.17, 15) is 9.59 Å². The summed E-state index contributed by atoms with van der Waals surface area (Å²) in [6.45, 7) is 3.77. The molecule has 2 heterocycles. The van der Waals surface area contributed by atoms with Crippen molar-refractivity contribution in [3.05, 3.63) is 89.7 Å². The van der Waals surface area contributed by atoms with Crippen molar-refractivity contribution in [1.29, 1.82) is 0 Å². The van der Waals surface area contributed by atoms with Gasteiger partial charge in [-0.15, -0.1) is 0 Å². The minimum atomic E-state index is -0.404. The van der Waals surface area contributed by atoms with Crippen LogP contribution in [0.15, 0.2) is 72.9 Å². The van der Waals surface area contributed by atoms with Crippen LogP contribution in [0.1, 0.15) is 53.8 Å². The molecule has 1 atom stereocenters. The number of amides is 2. The molecule has 0 bridgehead atoms. The molecule has 1 N–H and O–H groups in total. The third-order valence-corrected chi connectivity index (χ3v) is 5.96. The van der Waals surface area contributed by atoms with Crippen LogP contribution in [0.5, 0.6) is 11.5 Å². The zero-order chi connectivity index (χ0) is 24.5. The molecule has 0 radical (unpaired) electrons. The lowest BCUT2D eigenvalue weighted by atomic mass is 10.0. The summed E-state index contributed by atoms with van der Waals surface area (Å²) in [5.41, 5.74) is 2.11. The fraction of sp³-hybridized carbons (Fsp3) is 0.321. The van der Waals surface area contributed by atoms with Gasteiger partial charge in [0.05, 0.1) is 18.3 Å². The molecule has 2 amide bonds. The normalized spacial score (nSPS) is 14.1. The summed E-state index contributed by atoms with van der Waals surface area (Å²) in [5, 5.41) is 3.09. The maximum atomic E-state index is 13.2. The van der Waals surface area contributed by atoms with Gasteiger partial charge in [0.2, 0.25) is 0 Å². The number of carbonyl (C=O) groups is 2. The van der Waals surface area contributed by atoms with Crippen LogP contribution in [0.4, 0.5) is 0 Å². The van der Waals surface area contributed by atoms with E-state index in [1.165, 1.54) is 0 Å². The first-order chi connectivity index (χ1) is 17.2. The summed E-state index contributed by atoms with van der Waals surface area (Å²) >= 11 is 0. The number of nitrogens with one attached hydrogen (secondary N) is 1. The molecular weight excluding hydrogens is 442 g/mol. The van der Waals surface area contributed by atoms with E-state index in [2.05, 4.69) is 10.3 Å². The highest BCUT2D eigenvalue weighted by molar-refractivity contribution is 5.95. The van der Waals surface area contributed by atoms with Crippen LogP contribution < -0.4 is 14.8 Å². The van der Waals surface area contributed by atoms with Gasteiger partial charge in [-0.2, -0.15) is 0 Å². The van der Waals surface area contributed by atoms with Gasteiger partial charge in [0.25, 0.3) is 11.8 Å². The number of piperidine rings is 1. The van der Waals surface area contributed by atoms with E-state index in [0.717, 1.165) is 43.6 Å². The highest BCUT2D eigenvalue weighted by atomic mass is 16.5. The maximum Gasteiger partial charge on any atom is 0.260 e. The van der Waals surface area contributed by atoms with Gasteiger partial charge in [0.15, 0.2) is 18.1 Å². The molecular formula is C28H31N3O4. The third-order valence-electron chi connectivity index (χ3n) is 5.96. The molecule has 4 rings (SSSR count). The Labute approximate surface area is 206 Å². The molecule has 1 saturated heterocycles. The lowest BCUT2D eigenvalue weighted by Gasteiger charge is -2.26. The number of hydrogen-bond acceptors (Lipinski definition) is 5. The van der Waals surface area contributed by atoms with Gasteiger partial charge >= 0.3 is 0 Å². The van der Waals surface area contributed by atoms with E-state index < -0.39 is 6.04 Å². The third kappa shape index (κ3) is 6.38. The van der Waals surface area contributed by atoms with Gasteiger partial charge in [-0.25, -0.2) is 0 Å². The first-order valence-electron chi connectivity index (χ1n) is 12.1. The van der Waals surface area contributed by atoms with Crippen molar-refractivity contribution in [3.8, 4) is 11.5 Å².